The molecule has 0 aliphatic carbocycles. The third-order valence-corrected chi connectivity index (χ3v) is 2.21. The molecule has 0 radical (unpaired) electrons. The number of hydrogen-bond donors (Lipinski definition) is 0. The number of nitrogens with zero attached hydrogens (tertiary/aromatic N) is 1. The van der Waals surface area contributed by atoms with E-state index in [1.165, 1.54) is 5.56 Å². The first-order valence-electron chi connectivity index (χ1n) is 4.78. The van der Waals surface area contributed by atoms with E-state index in [4.69, 9.17) is 0 Å². The van der Waals surface area contributed by atoms with Crippen molar-refractivity contribution in [3.8, 4) is 0 Å². The van der Waals surface area contributed by atoms with Crippen molar-refractivity contribution in [2.45, 2.75) is 26.8 Å². The molecule has 14 heavy (non-hydrogen) atoms. The van der Waals surface area contributed by atoms with Crippen molar-refractivity contribution < 1.29 is 4.79 Å². The van der Waals surface area contributed by atoms with Crippen LogP contribution >= 0.6 is 0 Å². The van der Waals surface area contributed by atoms with Gasteiger partial charge in [0.25, 0.3) is 0 Å². The van der Waals surface area contributed by atoms with E-state index < -0.39 is 0 Å². The summed E-state index contributed by atoms with van der Waals surface area (Å²) in [5, 5.41) is 0. The molecule has 0 heterocycles. The smallest absolute Gasteiger partial charge is 0.211 e. The van der Waals surface area contributed by atoms with Crippen molar-refractivity contribution >= 4 is 6.08 Å². The molecule has 0 fully saturated rings. The van der Waals surface area contributed by atoms with Crippen molar-refractivity contribution in [1.82, 2.24) is 0 Å². The van der Waals surface area contributed by atoms with Crippen molar-refractivity contribution in [3.05, 3.63) is 35.4 Å². The second-order valence-electron chi connectivity index (χ2n) is 3.82. The van der Waals surface area contributed by atoms with E-state index in [1.807, 2.05) is 39.0 Å². The zero-order valence-electron chi connectivity index (χ0n) is 8.82. The summed E-state index contributed by atoms with van der Waals surface area (Å²) in [6.45, 7) is 6.13. The van der Waals surface area contributed by atoms with Gasteiger partial charge in [-0.25, -0.2) is 4.79 Å². The van der Waals surface area contributed by atoms with Crippen LogP contribution in [0.2, 0.25) is 0 Å². The molecule has 0 bridgehead atoms. The number of rotatable bonds is 3. The molecular weight excluding hydrogens is 174 g/mol. The van der Waals surface area contributed by atoms with Gasteiger partial charge in [-0.1, -0.05) is 43.7 Å². The van der Waals surface area contributed by atoms with Crippen LogP contribution in [0.4, 0.5) is 0 Å². The number of hydrogen-bond acceptors (Lipinski definition) is 2. The molecule has 0 amide bonds. The molecule has 1 aromatic rings. The van der Waals surface area contributed by atoms with Gasteiger partial charge in [0.1, 0.15) is 0 Å². The van der Waals surface area contributed by atoms with Gasteiger partial charge in [-0.15, -0.1) is 0 Å². The highest BCUT2D eigenvalue weighted by Gasteiger charge is 2.14. The summed E-state index contributed by atoms with van der Waals surface area (Å²) in [6.07, 6.45) is 1.64. The van der Waals surface area contributed by atoms with E-state index in [1.54, 1.807) is 6.08 Å². The second-order valence-corrected chi connectivity index (χ2v) is 3.82. The second kappa shape index (κ2) is 4.73. The summed E-state index contributed by atoms with van der Waals surface area (Å²) in [6, 6.07) is 8.02. The lowest BCUT2D eigenvalue weighted by Crippen LogP contribution is -2.03. The Kier molecular flexibility index (Phi) is 3.61. The van der Waals surface area contributed by atoms with Crippen LogP contribution in [0.3, 0.4) is 0 Å². The molecule has 0 spiro atoms. The van der Waals surface area contributed by atoms with Gasteiger partial charge in [0.05, 0.1) is 6.04 Å². The van der Waals surface area contributed by atoms with Gasteiger partial charge in [0, 0.05) is 0 Å². The van der Waals surface area contributed by atoms with Gasteiger partial charge in [-0.05, 0) is 18.4 Å². The number of benzene rings is 1. The fraction of sp³-hybridized carbons (Fsp3) is 0.417. The largest absolute Gasteiger partial charge is 0.235 e. The minimum absolute atomic E-state index is 0.0626. The van der Waals surface area contributed by atoms with Gasteiger partial charge in [0.15, 0.2) is 0 Å². The Hall–Kier alpha value is -1.40. The standard InChI is InChI=1S/C12H15NO/c1-9(2)12(13-8-14)11-6-4-5-10(3)7-11/h4-7,9,12H,1-3H3. The molecule has 0 aliphatic rings. The van der Waals surface area contributed by atoms with Crippen LogP contribution < -0.4 is 0 Å². The predicted molar refractivity (Wildman–Crippen MR) is 56.9 cm³/mol. The highest BCUT2D eigenvalue weighted by Crippen LogP contribution is 2.25. The van der Waals surface area contributed by atoms with Gasteiger partial charge in [0.2, 0.25) is 6.08 Å². The zero-order valence-corrected chi connectivity index (χ0v) is 8.82. The highest BCUT2D eigenvalue weighted by molar-refractivity contribution is 5.36. The summed E-state index contributed by atoms with van der Waals surface area (Å²) in [7, 11) is 0. The normalized spacial score (nSPS) is 12.3. The van der Waals surface area contributed by atoms with E-state index >= 15 is 0 Å². The van der Waals surface area contributed by atoms with Crippen molar-refractivity contribution in [3.63, 3.8) is 0 Å². The van der Waals surface area contributed by atoms with E-state index in [0.717, 1.165) is 5.56 Å². The van der Waals surface area contributed by atoms with Crippen LogP contribution in [-0.4, -0.2) is 6.08 Å². The first-order valence-corrected chi connectivity index (χ1v) is 4.78. The lowest BCUT2D eigenvalue weighted by atomic mass is 9.96. The fourth-order valence-electron chi connectivity index (χ4n) is 1.52. The topological polar surface area (TPSA) is 29.4 Å². The first kappa shape index (κ1) is 10.7. The van der Waals surface area contributed by atoms with E-state index in [-0.39, 0.29) is 6.04 Å². The summed E-state index contributed by atoms with van der Waals surface area (Å²) in [5.41, 5.74) is 2.28. The monoisotopic (exact) mass is 189 g/mol. The Balaban J connectivity index is 3.04. The summed E-state index contributed by atoms with van der Waals surface area (Å²) < 4.78 is 0. The summed E-state index contributed by atoms with van der Waals surface area (Å²) >= 11 is 0. The molecule has 1 atom stereocenters. The Labute approximate surface area is 84.7 Å². The quantitative estimate of drug-likeness (QED) is 0.531. The maximum atomic E-state index is 10.3. The summed E-state index contributed by atoms with van der Waals surface area (Å²) in [4.78, 5) is 14.1. The number of isocyanates is 1. The molecule has 2 heteroatoms. The van der Waals surface area contributed by atoms with Crippen LogP contribution in [-0.2, 0) is 4.79 Å². The molecule has 0 saturated heterocycles. The van der Waals surface area contributed by atoms with Gasteiger partial charge in [-0.3, -0.25) is 0 Å². The molecule has 1 unspecified atom stereocenters. The lowest BCUT2D eigenvalue weighted by molar-refractivity contribution is 0.502. The van der Waals surface area contributed by atoms with Gasteiger partial charge >= 0.3 is 0 Å². The molecule has 1 aromatic carbocycles. The molecule has 0 aromatic heterocycles. The van der Waals surface area contributed by atoms with E-state index in [9.17, 15) is 4.79 Å². The SMILES string of the molecule is Cc1cccc(C(N=C=O)C(C)C)c1. The first-order chi connectivity index (χ1) is 6.65. The Morgan fingerprint density at radius 3 is 2.57 bits per heavy atom. The van der Waals surface area contributed by atoms with Crippen LogP contribution in [0, 0.1) is 12.8 Å². The highest BCUT2D eigenvalue weighted by atomic mass is 16.1. The van der Waals surface area contributed by atoms with E-state index in [0.29, 0.717) is 5.92 Å². The van der Waals surface area contributed by atoms with Crippen LogP contribution in [0.25, 0.3) is 0 Å². The Bertz CT molecular complexity index is 351. The van der Waals surface area contributed by atoms with Crippen molar-refractivity contribution in [2.24, 2.45) is 10.9 Å². The number of carbonyl (C=O) groups excluding carboxylic acids is 1. The lowest BCUT2D eigenvalue weighted by Gasteiger charge is -2.15. The third kappa shape index (κ3) is 2.54. The minimum atomic E-state index is -0.0626. The number of aryl methyl sites for hydroxylation is 1. The molecule has 0 N–H and O–H groups in total. The Morgan fingerprint density at radius 1 is 1.36 bits per heavy atom. The van der Waals surface area contributed by atoms with Crippen LogP contribution in [0.1, 0.15) is 31.0 Å². The average Bonchev–Trinajstić information content (AvgIpc) is 2.13. The maximum absolute atomic E-state index is 10.3. The zero-order chi connectivity index (χ0) is 10.6. The molecule has 0 aliphatic heterocycles. The van der Waals surface area contributed by atoms with Crippen LogP contribution in [0.15, 0.2) is 29.3 Å². The average molecular weight is 189 g/mol. The third-order valence-electron chi connectivity index (χ3n) is 2.21. The molecule has 2 nitrogen and oxygen atoms in total. The minimum Gasteiger partial charge on any atom is -0.211 e. The molecule has 0 saturated carbocycles. The number of aliphatic imine (C=N–C) groups is 1. The van der Waals surface area contributed by atoms with E-state index in [2.05, 4.69) is 11.1 Å². The summed E-state index contributed by atoms with van der Waals surface area (Å²) in [5.74, 6) is 0.318. The fourth-order valence-corrected chi connectivity index (χ4v) is 1.52. The van der Waals surface area contributed by atoms with Gasteiger partial charge < -0.3 is 0 Å². The molecule has 74 valence electrons. The van der Waals surface area contributed by atoms with Crippen LogP contribution in [0.5, 0.6) is 0 Å². The molecule has 1 rings (SSSR count). The Morgan fingerprint density at radius 2 is 2.07 bits per heavy atom. The van der Waals surface area contributed by atoms with Crippen molar-refractivity contribution in [2.75, 3.05) is 0 Å². The maximum Gasteiger partial charge on any atom is 0.235 e. The molecular formula is C12H15NO. The van der Waals surface area contributed by atoms with Crippen molar-refractivity contribution in [1.29, 1.82) is 0 Å². The predicted octanol–water partition coefficient (Wildman–Crippen LogP) is 3.03. The van der Waals surface area contributed by atoms with Gasteiger partial charge in [-0.2, -0.15) is 4.99 Å².